The topological polar surface area (TPSA) is 79.2 Å². The number of para-hydroxylation sites is 1. The lowest BCUT2D eigenvalue weighted by molar-refractivity contribution is -0.121. The summed E-state index contributed by atoms with van der Waals surface area (Å²) in [6.07, 6.45) is 5.03. The number of hydrogen-bond donors (Lipinski definition) is 1. The number of carbonyl (C=O) groups is 2. The second kappa shape index (κ2) is 9.76. The Hall–Kier alpha value is -3.58. The van der Waals surface area contributed by atoms with Crippen LogP contribution in [-0.4, -0.2) is 40.2 Å². The molecule has 0 radical (unpaired) electrons. The third-order valence-corrected chi connectivity index (χ3v) is 5.09. The Bertz CT molecular complexity index is 1060. The van der Waals surface area contributed by atoms with Gasteiger partial charge in [0.2, 0.25) is 0 Å². The minimum Gasteiger partial charge on any atom is -0.489 e. The Labute approximate surface area is 178 Å². The van der Waals surface area contributed by atoms with Crippen LogP contribution in [0.2, 0.25) is 0 Å². The number of rotatable bonds is 8. The maximum absolute atomic E-state index is 13.0. The standard InChI is InChI=1S/C23H20N2O4S/c1-3-12-25-21(26)20(15-16-8-5-6-11-19(16)29-13-4-2)30-23(25)24-18-10-7-9-17(14-18)22(27)28/h3-11,14-15H,1-2,12-13H2,(H,27,28)/b20-15-,24-23?. The van der Waals surface area contributed by atoms with Crippen molar-refractivity contribution in [2.75, 3.05) is 13.2 Å². The van der Waals surface area contributed by atoms with Crippen molar-refractivity contribution < 1.29 is 19.4 Å². The van der Waals surface area contributed by atoms with Gasteiger partial charge in [-0.15, -0.1) is 6.58 Å². The predicted molar refractivity (Wildman–Crippen MR) is 120 cm³/mol. The van der Waals surface area contributed by atoms with Crippen LogP contribution >= 0.6 is 11.8 Å². The molecule has 2 aromatic rings. The highest BCUT2D eigenvalue weighted by molar-refractivity contribution is 8.18. The Morgan fingerprint density at radius 1 is 1.17 bits per heavy atom. The zero-order valence-corrected chi connectivity index (χ0v) is 17.0. The van der Waals surface area contributed by atoms with E-state index in [4.69, 9.17) is 4.74 Å². The van der Waals surface area contributed by atoms with Gasteiger partial charge in [0.1, 0.15) is 12.4 Å². The van der Waals surface area contributed by atoms with Gasteiger partial charge in [-0.05, 0) is 42.1 Å². The first-order chi connectivity index (χ1) is 14.5. The molecule has 1 heterocycles. The number of aliphatic imine (C=N–C) groups is 1. The number of carbonyl (C=O) groups excluding carboxylic acids is 1. The van der Waals surface area contributed by atoms with Crippen molar-refractivity contribution in [1.29, 1.82) is 0 Å². The lowest BCUT2D eigenvalue weighted by Gasteiger charge is -2.12. The smallest absolute Gasteiger partial charge is 0.335 e. The summed E-state index contributed by atoms with van der Waals surface area (Å²) in [6.45, 7) is 8.00. The van der Waals surface area contributed by atoms with Crippen LogP contribution in [-0.2, 0) is 4.79 Å². The van der Waals surface area contributed by atoms with Gasteiger partial charge in [-0.25, -0.2) is 9.79 Å². The third-order valence-electron chi connectivity index (χ3n) is 4.08. The first-order valence-corrected chi connectivity index (χ1v) is 9.92. The fourth-order valence-electron chi connectivity index (χ4n) is 2.72. The molecule has 7 heteroatoms. The Morgan fingerprint density at radius 3 is 2.70 bits per heavy atom. The lowest BCUT2D eigenvalue weighted by Crippen LogP contribution is -2.29. The summed E-state index contributed by atoms with van der Waals surface area (Å²) in [5.41, 5.74) is 1.35. The van der Waals surface area contributed by atoms with Gasteiger partial charge in [-0.3, -0.25) is 9.69 Å². The summed E-state index contributed by atoms with van der Waals surface area (Å²) in [6, 6.07) is 13.7. The van der Waals surface area contributed by atoms with Gasteiger partial charge in [0.15, 0.2) is 5.17 Å². The summed E-state index contributed by atoms with van der Waals surface area (Å²) < 4.78 is 5.67. The van der Waals surface area contributed by atoms with Crippen LogP contribution in [0, 0.1) is 0 Å². The molecule has 6 nitrogen and oxygen atoms in total. The molecule has 0 aliphatic carbocycles. The highest BCUT2D eigenvalue weighted by Gasteiger charge is 2.32. The van der Waals surface area contributed by atoms with E-state index in [-0.39, 0.29) is 18.0 Å². The van der Waals surface area contributed by atoms with Crippen molar-refractivity contribution in [1.82, 2.24) is 4.90 Å². The van der Waals surface area contributed by atoms with E-state index in [2.05, 4.69) is 18.2 Å². The number of carboxylic acid groups (broad SMARTS) is 1. The summed E-state index contributed by atoms with van der Waals surface area (Å²) in [5, 5.41) is 9.64. The Morgan fingerprint density at radius 2 is 1.97 bits per heavy atom. The van der Waals surface area contributed by atoms with Crippen LogP contribution in [0.25, 0.3) is 6.08 Å². The molecule has 0 spiro atoms. The van der Waals surface area contributed by atoms with E-state index in [1.54, 1.807) is 30.4 Å². The molecule has 1 aliphatic heterocycles. The third kappa shape index (κ3) is 4.87. The molecule has 1 amide bonds. The maximum atomic E-state index is 13.0. The van der Waals surface area contributed by atoms with Gasteiger partial charge in [0.25, 0.3) is 5.91 Å². The van der Waals surface area contributed by atoms with Gasteiger partial charge in [0.05, 0.1) is 16.2 Å². The monoisotopic (exact) mass is 420 g/mol. The SMILES string of the molecule is C=CCOc1ccccc1/C=C1\SC(=Nc2cccc(C(=O)O)c2)N(CC=C)C1=O. The molecular weight excluding hydrogens is 400 g/mol. The van der Waals surface area contributed by atoms with Crippen LogP contribution in [0.3, 0.4) is 0 Å². The number of aromatic carboxylic acids is 1. The molecule has 0 saturated carbocycles. The number of amides is 1. The van der Waals surface area contributed by atoms with E-state index in [1.165, 1.54) is 28.8 Å². The fourth-order valence-corrected chi connectivity index (χ4v) is 3.72. The number of amidine groups is 1. The van der Waals surface area contributed by atoms with Crippen molar-refractivity contribution in [3.05, 3.63) is 89.9 Å². The van der Waals surface area contributed by atoms with E-state index in [9.17, 15) is 14.7 Å². The predicted octanol–water partition coefficient (Wildman–Crippen LogP) is 4.74. The van der Waals surface area contributed by atoms with E-state index < -0.39 is 5.97 Å². The molecule has 0 aromatic heterocycles. The van der Waals surface area contributed by atoms with Crippen LogP contribution in [0.5, 0.6) is 5.75 Å². The number of nitrogens with zero attached hydrogens (tertiary/aromatic N) is 2. The van der Waals surface area contributed by atoms with Crippen LogP contribution in [0.4, 0.5) is 5.69 Å². The molecule has 2 aromatic carbocycles. The summed E-state index contributed by atoms with van der Waals surface area (Å²) >= 11 is 1.22. The molecular formula is C23H20N2O4S. The fraction of sp³-hybridized carbons (Fsp3) is 0.0870. The summed E-state index contributed by atoms with van der Waals surface area (Å²) in [7, 11) is 0. The number of ether oxygens (including phenoxy) is 1. The van der Waals surface area contributed by atoms with Crippen LogP contribution < -0.4 is 4.74 Å². The minimum atomic E-state index is -1.04. The first-order valence-electron chi connectivity index (χ1n) is 9.10. The van der Waals surface area contributed by atoms with Crippen molar-refractivity contribution >= 4 is 40.6 Å². The molecule has 1 aliphatic rings. The largest absolute Gasteiger partial charge is 0.489 e. The molecule has 30 heavy (non-hydrogen) atoms. The quantitative estimate of drug-likeness (QED) is 0.493. The average Bonchev–Trinajstić information content (AvgIpc) is 3.02. The second-order valence-corrected chi connectivity index (χ2v) is 7.21. The zero-order valence-electron chi connectivity index (χ0n) is 16.2. The van der Waals surface area contributed by atoms with Crippen molar-refractivity contribution in [2.45, 2.75) is 0 Å². The van der Waals surface area contributed by atoms with Crippen molar-refractivity contribution in [3.63, 3.8) is 0 Å². The molecule has 0 bridgehead atoms. The molecule has 1 N–H and O–H groups in total. The zero-order chi connectivity index (χ0) is 21.5. The summed E-state index contributed by atoms with van der Waals surface area (Å²) in [4.78, 5) is 30.7. The average molecular weight is 420 g/mol. The van der Waals surface area contributed by atoms with E-state index >= 15 is 0 Å². The number of hydrogen-bond acceptors (Lipinski definition) is 5. The Balaban J connectivity index is 1.96. The van der Waals surface area contributed by atoms with Crippen LogP contribution in [0.15, 0.2) is 83.7 Å². The van der Waals surface area contributed by atoms with E-state index in [0.717, 1.165) is 5.56 Å². The normalized spacial score (nSPS) is 16.1. The van der Waals surface area contributed by atoms with Crippen LogP contribution in [0.1, 0.15) is 15.9 Å². The lowest BCUT2D eigenvalue weighted by atomic mass is 10.2. The van der Waals surface area contributed by atoms with Crippen molar-refractivity contribution in [3.8, 4) is 5.75 Å². The molecule has 1 fully saturated rings. The maximum Gasteiger partial charge on any atom is 0.335 e. The molecule has 3 rings (SSSR count). The van der Waals surface area contributed by atoms with Gasteiger partial charge in [0, 0.05) is 12.1 Å². The first kappa shape index (κ1) is 21.1. The highest BCUT2D eigenvalue weighted by Crippen LogP contribution is 2.35. The van der Waals surface area contributed by atoms with E-state index in [0.29, 0.717) is 28.1 Å². The number of thioether (sulfide) groups is 1. The minimum absolute atomic E-state index is 0.130. The van der Waals surface area contributed by atoms with Gasteiger partial charge in [-0.1, -0.05) is 43.0 Å². The molecule has 0 atom stereocenters. The molecule has 0 unspecified atom stereocenters. The molecule has 1 saturated heterocycles. The highest BCUT2D eigenvalue weighted by atomic mass is 32.2. The van der Waals surface area contributed by atoms with Crippen molar-refractivity contribution in [2.24, 2.45) is 4.99 Å². The van der Waals surface area contributed by atoms with Gasteiger partial charge >= 0.3 is 5.97 Å². The molecule has 152 valence electrons. The van der Waals surface area contributed by atoms with E-state index in [1.807, 2.05) is 24.3 Å². The Kier molecular flexibility index (Phi) is 6.87. The van der Waals surface area contributed by atoms with Gasteiger partial charge < -0.3 is 9.84 Å². The number of benzene rings is 2. The number of carboxylic acids is 1. The second-order valence-electron chi connectivity index (χ2n) is 6.20. The van der Waals surface area contributed by atoms with Gasteiger partial charge in [-0.2, -0.15) is 0 Å². The summed E-state index contributed by atoms with van der Waals surface area (Å²) in [5.74, 6) is -0.591.